The Bertz CT molecular complexity index is 371. The second-order valence-corrected chi connectivity index (χ2v) is 4.96. The highest BCUT2D eigenvalue weighted by Crippen LogP contribution is 2.41. The van der Waals surface area contributed by atoms with Crippen LogP contribution in [0.15, 0.2) is 23.1 Å². The first-order valence-electron chi connectivity index (χ1n) is 4.92. The number of fused-ring (bicyclic) bond motifs is 1. The molecule has 1 aliphatic rings. The highest BCUT2D eigenvalue weighted by molar-refractivity contribution is 7.99. The molecule has 1 aromatic carbocycles. The largest absolute Gasteiger partial charge is 0.300 e. The Balaban J connectivity index is 2.39. The van der Waals surface area contributed by atoms with E-state index in [1.807, 2.05) is 11.8 Å². The first-order valence-corrected chi connectivity index (χ1v) is 5.91. The molecule has 0 saturated carbocycles. The van der Waals surface area contributed by atoms with Gasteiger partial charge in [-0.05, 0) is 24.0 Å². The Morgan fingerprint density at radius 2 is 2.36 bits per heavy atom. The lowest BCUT2D eigenvalue weighted by Crippen LogP contribution is -1.98. The Morgan fingerprint density at radius 3 is 3.07 bits per heavy atom. The third-order valence-corrected chi connectivity index (χ3v) is 4.03. The van der Waals surface area contributed by atoms with Gasteiger partial charge in [0.2, 0.25) is 0 Å². The maximum Gasteiger partial charge on any atom is 0.134 e. The number of hydrogen-bond donors (Lipinski definition) is 0. The van der Waals surface area contributed by atoms with Gasteiger partial charge in [-0.15, -0.1) is 11.8 Å². The van der Waals surface area contributed by atoms with E-state index in [0.29, 0.717) is 12.3 Å². The zero-order valence-electron chi connectivity index (χ0n) is 8.54. The van der Waals surface area contributed by atoms with Crippen LogP contribution in [0.5, 0.6) is 0 Å². The molecule has 0 N–H and O–H groups in total. The molecule has 0 amide bonds. The Morgan fingerprint density at radius 1 is 1.57 bits per heavy atom. The molecule has 1 aliphatic heterocycles. The number of rotatable bonds is 2. The molecule has 1 unspecified atom stereocenters. The van der Waals surface area contributed by atoms with E-state index < -0.39 is 0 Å². The normalized spacial score (nSPS) is 19.4. The van der Waals surface area contributed by atoms with E-state index in [1.165, 1.54) is 16.0 Å². The molecule has 1 atom stereocenters. The first kappa shape index (κ1) is 9.78. The monoisotopic (exact) mass is 206 g/mol. The second kappa shape index (κ2) is 3.77. The lowest BCUT2D eigenvalue weighted by atomic mass is 9.99. The number of ketones is 1. The number of Topliss-reactive ketones (excluding diaryl/α,β-unsaturated/α-hetero) is 1. The van der Waals surface area contributed by atoms with Crippen LogP contribution in [0, 0.1) is 0 Å². The van der Waals surface area contributed by atoms with Gasteiger partial charge in [0.05, 0.1) is 0 Å². The molecule has 2 rings (SSSR count). The summed E-state index contributed by atoms with van der Waals surface area (Å²) >= 11 is 1.89. The van der Waals surface area contributed by atoms with Crippen molar-refractivity contribution >= 4 is 17.5 Å². The first-order chi connectivity index (χ1) is 6.68. The average Bonchev–Trinajstić information content (AvgIpc) is 2.49. The SMILES string of the molecule is CC(=O)Cc1cccc2c1SCC2C. The molecule has 0 aliphatic carbocycles. The molecule has 0 spiro atoms. The van der Waals surface area contributed by atoms with Gasteiger partial charge < -0.3 is 0 Å². The smallest absolute Gasteiger partial charge is 0.134 e. The Labute approximate surface area is 88.9 Å². The fourth-order valence-corrected chi connectivity index (χ4v) is 3.23. The predicted octanol–water partition coefficient (Wildman–Crippen LogP) is 3.03. The summed E-state index contributed by atoms with van der Waals surface area (Å²) in [4.78, 5) is 12.4. The van der Waals surface area contributed by atoms with Crippen LogP contribution < -0.4 is 0 Å². The van der Waals surface area contributed by atoms with E-state index in [9.17, 15) is 4.79 Å². The van der Waals surface area contributed by atoms with E-state index in [1.54, 1.807) is 6.92 Å². The molecule has 0 fully saturated rings. The summed E-state index contributed by atoms with van der Waals surface area (Å²) in [5.74, 6) is 2.05. The van der Waals surface area contributed by atoms with E-state index in [2.05, 4.69) is 25.1 Å². The lowest BCUT2D eigenvalue weighted by Gasteiger charge is -2.06. The standard InChI is InChI=1S/C12H14OS/c1-8-7-14-12-10(6-9(2)13)4-3-5-11(8)12/h3-5,8H,6-7H2,1-2H3. The Hall–Kier alpha value is -0.760. The van der Waals surface area contributed by atoms with Crippen molar-refractivity contribution < 1.29 is 4.79 Å². The van der Waals surface area contributed by atoms with Gasteiger partial charge in [-0.1, -0.05) is 25.1 Å². The highest BCUT2D eigenvalue weighted by atomic mass is 32.2. The van der Waals surface area contributed by atoms with Crippen LogP contribution >= 0.6 is 11.8 Å². The average molecular weight is 206 g/mol. The van der Waals surface area contributed by atoms with E-state index in [0.717, 1.165) is 5.75 Å². The van der Waals surface area contributed by atoms with Gasteiger partial charge in [-0.25, -0.2) is 0 Å². The lowest BCUT2D eigenvalue weighted by molar-refractivity contribution is -0.116. The van der Waals surface area contributed by atoms with Crippen molar-refractivity contribution in [2.45, 2.75) is 31.1 Å². The summed E-state index contributed by atoms with van der Waals surface area (Å²) in [6.07, 6.45) is 0.586. The molecule has 0 saturated heterocycles. The second-order valence-electron chi connectivity index (χ2n) is 3.93. The molecule has 0 aromatic heterocycles. The summed E-state index contributed by atoms with van der Waals surface area (Å²) < 4.78 is 0. The minimum atomic E-state index is 0.249. The molecule has 74 valence electrons. The fraction of sp³-hybridized carbons (Fsp3) is 0.417. The zero-order chi connectivity index (χ0) is 10.1. The van der Waals surface area contributed by atoms with Gasteiger partial charge >= 0.3 is 0 Å². The topological polar surface area (TPSA) is 17.1 Å². The van der Waals surface area contributed by atoms with Crippen LogP contribution in [-0.2, 0) is 11.2 Å². The Kier molecular flexibility index (Phi) is 2.64. The molecule has 14 heavy (non-hydrogen) atoms. The van der Waals surface area contributed by atoms with E-state index in [-0.39, 0.29) is 5.78 Å². The molecular formula is C12H14OS. The maximum absolute atomic E-state index is 11.1. The third kappa shape index (κ3) is 1.71. The van der Waals surface area contributed by atoms with Gasteiger partial charge in [0, 0.05) is 17.1 Å². The van der Waals surface area contributed by atoms with Crippen molar-refractivity contribution in [2.75, 3.05) is 5.75 Å². The molecular weight excluding hydrogens is 192 g/mol. The van der Waals surface area contributed by atoms with E-state index in [4.69, 9.17) is 0 Å². The van der Waals surface area contributed by atoms with Crippen molar-refractivity contribution in [3.8, 4) is 0 Å². The van der Waals surface area contributed by atoms with Crippen LogP contribution in [0.2, 0.25) is 0 Å². The van der Waals surface area contributed by atoms with Crippen LogP contribution in [-0.4, -0.2) is 11.5 Å². The summed E-state index contributed by atoms with van der Waals surface area (Å²) in [5.41, 5.74) is 2.64. The van der Waals surface area contributed by atoms with Gasteiger partial charge in [0.1, 0.15) is 5.78 Å². The highest BCUT2D eigenvalue weighted by Gasteiger charge is 2.21. The summed E-state index contributed by atoms with van der Waals surface area (Å²) in [5, 5.41) is 0. The molecule has 0 radical (unpaired) electrons. The summed E-state index contributed by atoms with van der Waals surface area (Å²) in [7, 11) is 0. The number of carbonyl (C=O) groups excluding carboxylic acids is 1. The van der Waals surface area contributed by atoms with Crippen LogP contribution in [0.3, 0.4) is 0 Å². The van der Waals surface area contributed by atoms with Crippen molar-refractivity contribution in [1.82, 2.24) is 0 Å². The number of hydrogen-bond acceptors (Lipinski definition) is 2. The third-order valence-electron chi connectivity index (χ3n) is 2.58. The zero-order valence-corrected chi connectivity index (χ0v) is 9.36. The van der Waals surface area contributed by atoms with Crippen molar-refractivity contribution in [3.05, 3.63) is 29.3 Å². The summed E-state index contributed by atoms with van der Waals surface area (Å²) in [6.45, 7) is 3.90. The minimum Gasteiger partial charge on any atom is -0.300 e. The number of carbonyl (C=O) groups is 1. The van der Waals surface area contributed by atoms with Gasteiger partial charge in [0.25, 0.3) is 0 Å². The van der Waals surface area contributed by atoms with Crippen LogP contribution in [0.1, 0.15) is 30.9 Å². The number of benzene rings is 1. The number of thioether (sulfide) groups is 1. The molecule has 1 heterocycles. The maximum atomic E-state index is 11.1. The van der Waals surface area contributed by atoms with Crippen LogP contribution in [0.4, 0.5) is 0 Å². The molecule has 0 bridgehead atoms. The van der Waals surface area contributed by atoms with Gasteiger partial charge in [0.15, 0.2) is 0 Å². The minimum absolute atomic E-state index is 0.249. The molecule has 1 nitrogen and oxygen atoms in total. The molecule has 2 heteroatoms. The quantitative estimate of drug-likeness (QED) is 0.740. The van der Waals surface area contributed by atoms with Crippen molar-refractivity contribution in [2.24, 2.45) is 0 Å². The van der Waals surface area contributed by atoms with Crippen molar-refractivity contribution in [1.29, 1.82) is 0 Å². The van der Waals surface area contributed by atoms with Gasteiger partial charge in [-0.3, -0.25) is 4.79 Å². The molecule has 1 aromatic rings. The van der Waals surface area contributed by atoms with Crippen molar-refractivity contribution in [3.63, 3.8) is 0 Å². The van der Waals surface area contributed by atoms with Crippen LogP contribution in [0.25, 0.3) is 0 Å². The fourth-order valence-electron chi connectivity index (χ4n) is 1.87. The predicted molar refractivity (Wildman–Crippen MR) is 60.0 cm³/mol. The van der Waals surface area contributed by atoms with E-state index >= 15 is 0 Å². The van der Waals surface area contributed by atoms with Gasteiger partial charge in [-0.2, -0.15) is 0 Å². The summed E-state index contributed by atoms with van der Waals surface area (Å²) in [6, 6.07) is 6.33.